The number of hydrogen-bond acceptors (Lipinski definition) is 3. The van der Waals surface area contributed by atoms with Gasteiger partial charge in [0.15, 0.2) is 0 Å². The lowest BCUT2D eigenvalue weighted by molar-refractivity contribution is -0.130. The van der Waals surface area contributed by atoms with Crippen molar-refractivity contribution >= 4 is 5.91 Å². The summed E-state index contributed by atoms with van der Waals surface area (Å²) in [5, 5.41) is 0. The average Bonchev–Trinajstić information content (AvgIpc) is 3.06. The van der Waals surface area contributed by atoms with Crippen LogP contribution in [-0.4, -0.2) is 37.0 Å². The quantitative estimate of drug-likeness (QED) is 0.868. The molecule has 1 fully saturated rings. The Morgan fingerprint density at radius 1 is 1.12 bits per heavy atom. The third-order valence-corrected chi connectivity index (χ3v) is 5.10. The van der Waals surface area contributed by atoms with E-state index in [0.717, 1.165) is 18.8 Å². The molecule has 0 radical (unpaired) electrons. The minimum atomic E-state index is 0.145. The number of amides is 1. The van der Waals surface area contributed by atoms with Crippen molar-refractivity contribution in [3.63, 3.8) is 0 Å². The number of benzene rings is 2. The summed E-state index contributed by atoms with van der Waals surface area (Å²) in [6.07, 6.45) is 0.395. The molecule has 2 aromatic rings. The molecule has 0 aliphatic carbocycles. The van der Waals surface area contributed by atoms with Crippen molar-refractivity contribution in [2.75, 3.05) is 26.2 Å². The van der Waals surface area contributed by atoms with Crippen LogP contribution in [0.3, 0.4) is 0 Å². The van der Waals surface area contributed by atoms with E-state index in [-0.39, 0.29) is 5.91 Å². The lowest BCUT2D eigenvalue weighted by Crippen LogP contribution is -2.30. The minimum Gasteiger partial charge on any atom is -0.493 e. The highest BCUT2D eigenvalue weighted by atomic mass is 16.5. The van der Waals surface area contributed by atoms with Crippen molar-refractivity contribution in [1.82, 2.24) is 4.90 Å². The molecule has 2 atom stereocenters. The second-order valence-corrected chi connectivity index (χ2v) is 7.23. The number of hydrogen-bond donors (Lipinski definition) is 1. The second-order valence-electron chi connectivity index (χ2n) is 7.23. The molecule has 1 amide bonds. The highest BCUT2D eigenvalue weighted by molar-refractivity contribution is 5.76. The van der Waals surface area contributed by atoms with Crippen molar-refractivity contribution in [2.45, 2.75) is 26.2 Å². The first kappa shape index (κ1) is 18.5. The lowest BCUT2D eigenvalue weighted by Gasteiger charge is -2.17. The fourth-order valence-corrected chi connectivity index (χ4v) is 3.82. The Morgan fingerprint density at radius 3 is 2.46 bits per heavy atom. The van der Waals surface area contributed by atoms with Gasteiger partial charge in [0.05, 0.1) is 13.0 Å². The third kappa shape index (κ3) is 4.44. The van der Waals surface area contributed by atoms with Crippen molar-refractivity contribution in [3.05, 3.63) is 65.2 Å². The normalized spacial score (nSPS) is 19.6. The Labute approximate surface area is 156 Å². The maximum absolute atomic E-state index is 12.6. The molecule has 1 aliphatic heterocycles. The molecular formula is C22H28N2O2. The molecule has 0 spiro atoms. The Morgan fingerprint density at radius 2 is 1.81 bits per heavy atom. The number of nitrogens with zero attached hydrogens (tertiary/aromatic N) is 1. The van der Waals surface area contributed by atoms with Crippen LogP contribution in [0.1, 0.15) is 29.0 Å². The zero-order chi connectivity index (χ0) is 18.5. The molecule has 1 heterocycles. The van der Waals surface area contributed by atoms with Crippen LogP contribution in [0, 0.1) is 19.8 Å². The lowest BCUT2D eigenvalue weighted by atomic mass is 9.89. The summed E-state index contributed by atoms with van der Waals surface area (Å²) in [4.78, 5) is 14.6. The largest absolute Gasteiger partial charge is 0.493 e. The molecule has 4 heteroatoms. The van der Waals surface area contributed by atoms with Gasteiger partial charge >= 0.3 is 0 Å². The highest BCUT2D eigenvalue weighted by Gasteiger charge is 2.34. The number of nitrogens with two attached hydrogens (primary N) is 1. The van der Waals surface area contributed by atoms with Crippen LogP contribution >= 0.6 is 0 Å². The van der Waals surface area contributed by atoms with Gasteiger partial charge in [0.25, 0.3) is 0 Å². The monoisotopic (exact) mass is 352 g/mol. The predicted molar refractivity (Wildman–Crippen MR) is 104 cm³/mol. The van der Waals surface area contributed by atoms with E-state index in [4.69, 9.17) is 10.5 Å². The first-order valence-electron chi connectivity index (χ1n) is 9.30. The molecule has 0 aromatic heterocycles. The van der Waals surface area contributed by atoms with E-state index in [9.17, 15) is 4.79 Å². The number of ether oxygens (including phenoxy) is 1. The fourth-order valence-electron chi connectivity index (χ4n) is 3.82. The molecule has 0 unspecified atom stereocenters. The first-order chi connectivity index (χ1) is 12.6. The fraction of sp³-hybridized carbons (Fsp3) is 0.409. The second kappa shape index (κ2) is 8.37. The van der Waals surface area contributed by atoms with Gasteiger partial charge in [-0.1, -0.05) is 36.4 Å². The molecule has 4 nitrogen and oxygen atoms in total. The van der Waals surface area contributed by atoms with Gasteiger partial charge in [-0.15, -0.1) is 0 Å². The third-order valence-electron chi connectivity index (χ3n) is 5.10. The van der Waals surface area contributed by atoms with Crippen molar-refractivity contribution in [3.8, 4) is 5.75 Å². The van der Waals surface area contributed by atoms with Crippen LogP contribution in [0.15, 0.2) is 48.5 Å². The average molecular weight is 352 g/mol. The molecule has 1 aliphatic rings. The predicted octanol–water partition coefficient (Wildman–Crippen LogP) is 3.27. The van der Waals surface area contributed by atoms with E-state index in [1.807, 2.05) is 49.1 Å². The molecule has 26 heavy (non-hydrogen) atoms. The van der Waals surface area contributed by atoms with Gasteiger partial charge in [-0.05, 0) is 55.1 Å². The summed E-state index contributed by atoms with van der Waals surface area (Å²) in [6, 6.07) is 16.5. The molecule has 3 rings (SSSR count). The van der Waals surface area contributed by atoms with E-state index < -0.39 is 0 Å². The maximum atomic E-state index is 12.6. The van der Waals surface area contributed by atoms with Crippen molar-refractivity contribution in [1.29, 1.82) is 0 Å². The van der Waals surface area contributed by atoms with E-state index in [2.05, 4.69) is 18.2 Å². The minimum absolute atomic E-state index is 0.145. The van der Waals surface area contributed by atoms with Gasteiger partial charge in [-0.3, -0.25) is 4.79 Å². The summed E-state index contributed by atoms with van der Waals surface area (Å²) >= 11 is 0. The SMILES string of the molecule is Cc1cc(C)cc(OCCC(=O)N2C[C@@H](CN)[C@H](c3ccccc3)C2)c1. The Balaban J connectivity index is 1.55. The Hall–Kier alpha value is -2.33. The maximum Gasteiger partial charge on any atom is 0.226 e. The van der Waals surface area contributed by atoms with Crippen LogP contribution in [0.5, 0.6) is 5.75 Å². The van der Waals surface area contributed by atoms with Crippen LogP contribution in [0.4, 0.5) is 0 Å². The summed E-state index contributed by atoms with van der Waals surface area (Å²) in [7, 11) is 0. The van der Waals surface area contributed by atoms with Gasteiger partial charge in [0.1, 0.15) is 5.75 Å². The zero-order valence-electron chi connectivity index (χ0n) is 15.7. The van der Waals surface area contributed by atoms with Crippen molar-refractivity contribution < 1.29 is 9.53 Å². The highest BCUT2D eigenvalue weighted by Crippen LogP contribution is 2.32. The summed E-state index contributed by atoms with van der Waals surface area (Å²) in [5.41, 5.74) is 9.57. The van der Waals surface area contributed by atoms with Crippen molar-refractivity contribution in [2.24, 2.45) is 11.7 Å². The van der Waals surface area contributed by atoms with Gasteiger partial charge < -0.3 is 15.4 Å². The van der Waals surface area contributed by atoms with E-state index in [0.29, 0.717) is 31.4 Å². The molecule has 0 bridgehead atoms. The van der Waals surface area contributed by atoms with Crippen LogP contribution < -0.4 is 10.5 Å². The summed E-state index contributed by atoms with van der Waals surface area (Å²) < 4.78 is 5.79. The first-order valence-corrected chi connectivity index (χ1v) is 9.30. The van der Waals surface area contributed by atoms with Gasteiger partial charge in [-0.2, -0.15) is 0 Å². The molecule has 2 N–H and O–H groups in total. The van der Waals surface area contributed by atoms with Gasteiger partial charge in [0, 0.05) is 19.0 Å². The van der Waals surface area contributed by atoms with Crippen LogP contribution in [0.2, 0.25) is 0 Å². The summed E-state index contributed by atoms with van der Waals surface area (Å²) in [6.45, 7) is 6.58. The number of carbonyl (C=O) groups excluding carboxylic acids is 1. The standard InChI is InChI=1S/C22H28N2O2/c1-16-10-17(2)12-20(11-16)26-9-8-22(25)24-14-19(13-23)21(15-24)18-6-4-3-5-7-18/h3-7,10-12,19,21H,8-9,13-15,23H2,1-2H3/t19-,21+/m1/s1. The van der Waals surface area contributed by atoms with Gasteiger partial charge in [-0.25, -0.2) is 0 Å². The van der Waals surface area contributed by atoms with Crippen LogP contribution in [-0.2, 0) is 4.79 Å². The topological polar surface area (TPSA) is 55.6 Å². The number of rotatable bonds is 6. The Bertz CT molecular complexity index is 725. The molecule has 1 saturated heterocycles. The van der Waals surface area contributed by atoms with E-state index >= 15 is 0 Å². The zero-order valence-corrected chi connectivity index (χ0v) is 15.7. The molecular weight excluding hydrogens is 324 g/mol. The molecule has 138 valence electrons. The van der Waals surface area contributed by atoms with Gasteiger partial charge in [0.2, 0.25) is 5.91 Å². The van der Waals surface area contributed by atoms with Crippen LogP contribution in [0.25, 0.3) is 0 Å². The van der Waals surface area contributed by atoms with E-state index in [1.54, 1.807) is 0 Å². The number of carbonyl (C=O) groups is 1. The van der Waals surface area contributed by atoms with E-state index in [1.165, 1.54) is 16.7 Å². The molecule has 2 aromatic carbocycles. The Kier molecular flexibility index (Phi) is 5.94. The summed E-state index contributed by atoms with van der Waals surface area (Å²) in [5.74, 6) is 1.62. The number of likely N-dealkylation sites (tertiary alicyclic amines) is 1. The molecule has 0 saturated carbocycles. The number of aryl methyl sites for hydroxylation is 2. The smallest absolute Gasteiger partial charge is 0.226 e.